The first kappa shape index (κ1) is 14.2. The van der Waals surface area contributed by atoms with E-state index >= 15 is 0 Å². The predicted octanol–water partition coefficient (Wildman–Crippen LogP) is 2.01. The lowest BCUT2D eigenvalue weighted by molar-refractivity contribution is 0.0405. The molecule has 0 aromatic heterocycles. The molecule has 1 aromatic rings. The van der Waals surface area contributed by atoms with Gasteiger partial charge >= 0.3 is 0 Å². The van der Waals surface area contributed by atoms with Crippen LogP contribution in [0.1, 0.15) is 12.8 Å². The molecule has 1 aliphatic rings. The lowest BCUT2D eigenvalue weighted by Crippen LogP contribution is -2.33. The summed E-state index contributed by atoms with van der Waals surface area (Å²) in [6.07, 6.45) is 2.48. The average molecular weight is 264 g/mol. The van der Waals surface area contributed by atoms with Gasteiger partial charge in [0.05, 0.1) is 6.61 Å². The minimum atomic E-state index is 0.676. The van der Waals surface area contributed by atoms with Crippen LogP contribution in [0.5, 0.6) is 5.75 Å². The smallest absolute Gasteiger partial charge is 0.119 e. The average Bonchev–Trinajstić information content (AvgIpc) is 2.42. The zero-order valence-electron chi connectivity index (χ0n) is 11.7. The van der Waals surface area contributed by atoms with Crippen molar-refractivity contribution in [1.82, 2.24) is 4.90 Å². The SMILES string of the molecule is CN(CCOc1ccc(N)cc1)CC1CCCOC1. The zero-order chi connectivity index (χ0) is 13.5. The van der Waals surface area contributed by atoms with Gasteiger partial charge in [-0.2, -0.15) is 0 Å². The highest BCUT2D eigenvalue weighted by molar-refractivity contribution is 5.41. The molecular weight excluding hydrogens is 240 g/mol. The van der Waals surface area contributed by atoms with Crippen molar-refractivity contribution < 1.29 is 9.47 Å². The maximum absolute atomic E-state index is 5.69. The van der Waals surface area contributed by atoms with Gasteiger partial charge in [0.2, 0.25) is 0 Å². The minimum absolute atomic E-state index is 0.676. The van der Waals surface area contributed by atoms with Crippen molar-refractivity contribution in [1.29, 1.82) is 0 Å². The lowest BCUT2D eigenvalue weighted by atomic mass is 10.0. The molecule has 1 unspecified atom stereocenters. The highest BCUT2D eigenvalue weighted by Gasteiger charge is 2.15. The molecule has 4 heteroatoms. The van der Waals surface area contributed by atoms with Crippen molar-refractivity contribution in [3.63, 3.8) is 0 Å². The highest BCUT2D eigenvalue weighted by atomic mass is 16.5. The Kier molecular flexibility index (Phi) is 5.48. The Hall–Kier alpha value is -1.26. The van der Waals surface area contributed by atoms with Crippen LogP contribution in [0, 0.1) is 5.92 Å². The number of nitrogens with zero attached hydrogens (tertiary/aromatic N) is 1. The number of rotatable bonds is 6. The van der Waals surface area contributed by atoms with Gasteiger partial charge in [-0.25, -0.2) is 0 Å². The molecule has 1 atom stereocenters. The molecule has 0 radical (unpaired) electrons. The van der Waals surface area contributed by atoms with Crippen LogP contribution in [0.4, 0.5) is 5.69 Å². The molecule has 4 nitrogen and oxygen atoms in total. The van der Waals surface area contributed by atoms with Crippen LogP contribution in [0.15, 0.2) is 24.3 Å². The molecule has 106 valence electrons. The predicted molar refractivity (Wildman–Crippen MR) is 77.4 cm³/mol. The molecule has 0 spiro atoms. The van der Waals surface area contributed by atoms with E-state index < -0.39 is 0 Å². The monoisotopic (exact) mass is 264 g/mol. The van der Waals surface area contributed by atoms with Gasteiger partial charge in [0.15, 0.2) is 0 Å². The van der Waals surface area contributed by atoms with Crippen LogP contribution in [-0.4, -0.2) is 44.9 Å². The molecule has 2 N–H and O–H groups in total. The van der Waals surface area contributed by atoms with E-state index in [2.05, 4.69) is 11.9 Å². The van der Waals surface area contributed by atoms with Crippen LogP contribution in [0.2, 0.25) is 0 Å². The standard InChI is InChI=1S/C15H24N2O2/c1-17(11-13-3-2-9-18-12-13)8-10-19-15-6-4-14(16)5-7-15/h4-7,13H,2-3,8-12,16H2,1H3. The third kappa shape index (κ3) is 5.09. The van der Waals surface area contributed by atoms with E-state index in [1.807, 2.05) is 24.3 Å². The van der Waals surface area contributed by atoms with E-state index in [0.29, 0.717) is 12.5 Å². The van der Waals surface area contributed by atoms with Crippen molar-refractivity contribution >= 4 is 5.69 Å². The number of anilines is 1. The minimum Gasteiger partial charge on any atom is -0.492 e. The zero-order valence-corrected chi connectivity index (χ0v) is 11.7. The summed E-state index contributed by atoms with van der Waals surface area (Å²) in [6, 6.07) is 7.53. The molecule has 2 rings (SSSR count). The van der Waals surface area contributed by atoms with Gasteiger partial charge in [-0.05, 0) is 50.1 Å². The number of benzene rings is 1. The number of nitrogen functional groups attached to an aromatic ring is 1. The summed E-state index contributed by atoms with van der Waals surface area (Å²) < 4.78 is 11.2. The Morgan fingerprint density at radius 1 is 1.37 bits per heavy atom. The van der Waals surface area contributed by atoms with E-state index in [-0.39, 0.29) is 0 Å². The van der Waals surface area contributed by atoms with Crippen LogP contribution < -0.4 is 10.5 Å². The Bertz CT molecular complexity index is 361. The Labute approximate surface area is 115 Å². The molecule has 1 aliphatic heterocycles. The molecule has 1 heterocycles. The Morgan fingerprint density at radius 2 is 2.16 bits per heavy atom. The second-order valence-corrected chi connectivity index (χ2v) is 5.26. The fourth-order valence-electron chi connectivity index (χ4n) is 2.37. The molecule has 0 bridgehead atoms. The summed E-state index contributed by atoms with van der Waals surface area (Å²) in [5, 5.41) is 0. The number of ether oxygens (including phenoxy) is 2. The molecule has 1 fully saturated rings. The molecule has 1 saturated heterocycles. The van der Waals surface area contributed by atoms with Crippen molar-refractivity contribution in [2.45, 2.75) is 12.8 Å². The number of likely N-dealkylation sites (N-methyl/N-ethyl adjacent to an activating group) is 1. The van der Waals surface area contributed by atoms with Crippen molar-refractivity contribution in [2.24, 2.45) is 5.92 Å². The molecule has 19 heavy (non-hydrogen) atoms. The van der Waals surface area contributed by atoms with E-state index in [4.69, 9.17) is 15.2 Å². The highest BCUT2D eigenvalue weighted by Crippen LogP contribution is 2.15. The van der Waals surface area contributed by atoms with E-state index in [9.17, 15) is 0 Å². The third-order valence-electron chi connectivity index (χ3n) is 3.45. The number of nitrogens with two attached hydrogens (primary N) is 1. The molecule has 1 aromatic carbocycles. The Morgan fingerprint density at radius 3 is 2.84 bits per heavy atom. The number of hydrogen-bond donors (Lipinski definition) is 1. The first-order valence-corrected chi connectivity index (χ1v) is 6.98. The third-order valence-corrected chi connectivity index (χ3v) is 3.45. The van der Waals surface area contributed by atoms with Gasteiger partial charge in [0.1, 0.15) is 12.4 Å². The molecule has 0 aliphatic carbocycles. The second-order valence-electron chi connectivity index (χ2n) is 5.26. The normalized spacial score (nSPS) is 19.6. The van der Waals surface area contributed by atoms with Crippen LogP contribution in [0.25, 0.3) is 0 Å². The largest absolute Gasteiger partial charge is 0.492 e. The maximum atomic E-state index is 5.69. The van der Waals surface area contributed by atoms with Gasteiger partial charge in [0.25, 0.3) is 0 Å². The van der Waals surface area contributed by atoms with Gasteiger partial charge in [-0.3, -0.25) is 0 Å². The van der Waals surface area contributed by atoms with E-state index in [1.54, 1.807) is 0 Å². The van der Waals surface area contributed by atoms with Gasteiger partial charge < -0.3 is 20.1 Å². The fourth-order valence-corrected chi connectivity index (χ4v) is 2.37. The molecule has 0 saturated carbocycles. The first-order chi connectivity index (χ1) is 9.24. The summed E-state index contributed by atoms with van der Waals surface area (Å²) in [5.74, 6) is 1.55. The summed E-state index contributed by atoms with van der Waals surface area (Å²) in [6.45, 7) is 4.56. The van der Waals surface area contributed by atoms with Crippen LogP contribution in [-0.2, 0) is 4.74 Å². The van der Waals surface area contributed by atoms with Gasteiger partial charge in [0, 0.05) is 25.4 Å². The lowest BCUT2D eigenvalue weighted by Gasteiger charge is -2.27. The quantitative estimate of drug-likeness (QED) is 0.798. The van der Waals surface area contributed by atoms with Crippen molar-refractivity contribution in [2.75, 3.05) is 45.7 Å². The van der Waals surface area contributed by atoms with Crippen LogP contribution in [0.3, 0.4) is 0 Å². The van der Waals surface area contributed by atoms with E-state index in [0.717, 1.165) is 37.7 Å². The molecular formula is C15H24N2O2. The van der Waals surface area contributed by atoms with Gasteiger partial charge in [-0.15, -0.1) is 0 Å². The summed E-state index contributed by atoms with van der Waals surface area (Å²) in [7, 11) is 2.14. The topological polar surface area (TPSA) is 47.7 Å². The number of hydrogen-bond acceptors (Lipinski definition) is 4. The van der Waals surface area contributed by atoms with Gasteiger partial charge in [-0.1, -0.05) is 0 Å². The summed E-state index contributed by atoms with van der Waals surface area (Å²) in [5.41, 5.74) is 6.40. The van der Waals surface area contributed by atoms with Crippen molar-refractivity contribution in [3.8, 4) is 5.75 Å². The van der Waals surface area contributed by atoms with E-state index in [1.165, 1.54) is 12.8 Å². The molecule has 0 amide bonds. The summed E-state index contributed by atoms with van der Waals surface area (Å²) >= 11 is 0. The fraction of sp³-hybridized carbons (Fsp3) is 0.600. The second kappa shape index (κ2) is 7.36. The Balaban J connectivity index is 1.63. The first-order valence-electron chi connectivity index (χ1n) is 6.98. The van der Waals surface area contributed by atoms with Crippen molar-refractivity contribution in [3.05, 3.63) is 24.3 Å². The van der Waals surface area contributed by atoms with Crippen LogP contribution >= 0.6 is 0 Å². The summed E-state index contributed by atoms with van der Waals surface area (Å²) in [4.78, 5) is 2.32. The maximum Gasteiger partial charge on any atom is 0.119 e.